The van der Waals surface area contributed by atoms with Crippen molar-refractivity contribution in [2.24, 2.45) is 5.10 Å². The molecule has 0 bridgehead atoms. The van der Waals surface area contributed by atoms with Crippen LogP contribution in [0.3, 0.4) is 0 Å². The third-order valence-corrected chi connectivity index (χ3v) is 6.38. The first kappa shape index (κ1) is 24.7. The number of hydrogen-bond donors (Lipinski definition) is 1. The van der Waals surface area contributed by atoms with Gasteiger partial charge in [0.15, 0.2) is 0 Å². The molecule has 2 aromatic carbocycles. The van der Waals surface area contributed by atoms with Crippen LogP contribution in [0.1, 0.15) is 75.2 Å². The molecule has 0 saturated heterocycles. The van der Waals surface area contributed by atoms with E-state index in [0.717, 1.165) is 40.8 Å². The fourth-order valence-corrected chi connectivity index (χ4v) is 4.36. The zero-order valence-electron chi connectivity index (χ0n) is 21.1. The Bertz CT molecular complexity index is 1350. The molecule has 4 rings (SSSR count). The summed E-state index contributed by atoms with van der Waals surface area (Å²) in [7, 11) is 0. The molecule has 0 aliphatic rings. The molecule has 6 heteroatoms. The van der Waals surface area contributed by atoms with Gasteiger partial charge in [-0.3, -0.25) is 4.79 Å². The number of benzene rings is 2. The summed E-state index contributed by atoms with van der Waals surface area (Å²) in [6, 6.07) is 13.8. The zero-order valence-corrected chi connectivity index (χ0v) is 21.1. The number of aryl methyl sites for hydroxylation is 2. The highest BCUT2D eigenvalue weighted by molar-refractivity contribution is 6.04. The summed E-state index contributed by atoms with van der Waals surface area (Å²) in [6.07, 6.45) is 12.0. The molecule has 0 atom stereocenters. The lowest BCUT2D eigenvalue weighted by Gasteiger charge is -2.07. The quantitative estimate of drug-likeness (QED) is 0.180. The minimum Gasteiger partial charge on any atom is -0.494 e. The van der Waals surface area contributed by atoms with Gasteiger partial charge in [-0.2, -0.15) is 9.78 Å². The van der Waals surface area contributed by atoms with Crippen LogP contribution in [-0.2, 0) is 0 Å². The normalized spacial score (nSPS) is 11.7. The van der Waals surface area contributed by atoms with Crippen LogP contribution in [0, 0.1) is 13.8 Å². The molecular formula is C29H36N4O2. The number of unbranched alkanes of at least 4 members (excludes halogenated alkanes) is 7. The summed E-state index contributed by atoms with van der Waals surface area (Å²) in [5.74, 6) is 1.40. The van der Waals surface area contributed by atoms with Crippen molar-refractivity contribution in [3.8, 4) is 5.75 Å². The van der Waals surface area contributed by atoms with E-state index in [1.54, 1.807) is 13.1 Å². The van der Waals surface area contributed by atoms with Gasteiger partial charge in [-0.1, -0.05) is 63.5 Å². The van der Waals surface area contributed by atoms with Crippen LogP contribution in [0.15, 0.2) is 52.4 Å². The van der Waals surface area contributed by atoms with E-state index in [2.05, 4.69) is 22.0 Å². The highest BCUT2D eigenvalue weighted by Crippen LogP contribution is 2.23. The van der Waals surface area contributed by atoms with Crippen molar-refractivity contribution in [1.82, 2.24) is 14.6 Å². The van der Waals surface area contributed by atoms with Crippen molar-refractivity contribution >= 4 is 28.2 Å². The number of nitrogens with zero attached hydrogens (tertiary/aromatic N) is 3. The second-order valence-electron chi connectivity index (χ2n) is 9.31. The number of nitrogens with one attached hydrogen (secondary N) is 1. The van der Waals surface area contributed by atoms with Crippen molar-refractivity contribution in [3.05, 3.63) is 69.8 Å². The van der Waals surface area contributed by atoms with Gasteiger partial charge in [0.25, 0.3) is 5.56 Å². The molecule has 0 spiro atoms. The minimum absolute atomic E-state index is 0.206. The maximum atomic E-state index is 13.1. The Balaban J connectivity index is 1.35. The second-order valence-corrected chi connectivity index (χ2v) is 9.31. The lowest BCUT2D eigenvalue weighted by molar-refractivity contribution is 0.304. The Hall–Kier alpha value is -3.41. The van der Waals surface area contributed by atoms with Crippen LogP contribution >= 0.6 is 0 Å². The van der Waals surface area contributed by atoms with Gasteiger partial charge < -0.3 is 9.72 Å². The van der Waals surface area contributed by atoms with E-state index in [9.17, 15) is 4.79 Å². The van der Waals surface area contributed by atoms with Crippen LogP contribution in [0.5, 0.6) is 5.75 Å². The molecule has 0 saturated carbocycles. The molecule has 2 aromatic heterocycles. The molecule has 184 valence electrons. The molecule has 0 unspecified atom stereocenters. The molecule has 0 aliphatic heterocycles. The molecule has 0 aliphatic carbocycles. The molecule has 0 fully saturated rings. The molecule has 35 heavy (non-hydrogen) atoms. The SMILES string of the molecule is CCCCCCCCCCOc1ccc(/C=N\n2c(C)nc3c([nH]c4ccc(C)cc43)c2=O)cc1. The highest BCUT2D eigenvalue weighted by atomic mass is 16.5. The van der Waals surface area contributed by atoms with Gasteiger partial charge in [-0.05, 0) is 62.2 Å². The van der Waals surface area contributed by atoms with Crippen LogP contribution < -0.4 is 10.3 Å². The van der Waals surface area contributed by atoms with Crippen LogP contribution in [-0.4, -0.2) is 27.5 Å². The Morgan fingerprint density at radius 2 is 1.69 bits per heavy atom. The second kappa shape index (κ2) is 11.8. The lowest BCUT2D eigenvalue weighted by Crippen LogP contribution is -2.20. The first-order valence-electron chi connectivity index (χ1n) is 12.9. The summed E-state index contributed by atoms with van der Waals surface area (Å²) in [5.41, 5.74) is 3.88. The summed E-state index contributed by atoms with van der Waals surface area (Å²) in [5, 5.41) is 5.38. The topological polar surface area (TPSA) is 72.3 Å². The van der Waals surface area contributed by atoms with Gasteiger partial charge in [-0.15, -0.1) is 0 Å². The van der Waals surface area contributed by atoms with E-state index in [4.69, 9.17) is 4.74 Å². The summed E-state index contributed by atoms with van der Waals surface area (Å²) < 4.78 is 7.22. The van der Waals surface area contributed by atoms with Crippen molar-refractivity contribution in [2.45, 2.75) is 72.1 Å². The predicted octanol–water partition coefficient (Wildman–Crippen LogP) is 6.90. The maximum Gasteiger partial charge on any atom is 0.298 e. The standard InChI is InChI=1S/C29H36N4O2/c1-4-5-6-7-8-9-10-11-18-35-24-15-13-23(14-16-24)20-30-33-22(3)31-27-25-19-21(2)12-17-26(25)32-28(27)29(33)34/h12-17,19-20,32H,4-11,18H2,1-3H3/b30-20-. The smallest absolute Gasteiger partial charge is 0.298 e. The first-order chi connectivity index (χ1) is 17.1. The van der Waals surface area contributed by atoms with Gasteiger partial charge in [0.05, 0.1) is 12.8 Å². The van der Waals surface area contributed by atoms with Crippen LogP contribution in [0.2, 0.25) is 0 Å². The average molecular weight is 473 g/mol. The van der Waals surface area contributed by atoms with Crippen LogP contribution in [0.25, 0.3) is 21.9 Å². The number of aromatic amines is 1. The monoisotopic (exact) mass is 472 g/mol. The Morgan fingerprint density at radius 3 is 2.43 bits per heavy atom. The largest absolute Gasteiger partial charge is 0.494 e. The molecule has 6 nitrogen and oxygen atoms in total. The Kier molecular flexibility index (Phi) is 8.35. The predicted molar refractivity (Wildman–Crippen MR) is 145 cm³/mol. The summed E-state index contributed by atoms with van der Waals surface area (Å²) in [4.78, 5) is 21.0. The van der Waals surface area contributed by atoms with Crippen molar-refractivity contribution in [2.75, 3.05) is 6.61 Å². The molecule has 4 aromatic rings. The van der Waals surface area contributed by atoms with Crippen molar-refractivity contribution < 1.29 is 4.74 Å². The lowest BCUT2D eigenvalue weighted by atomic mass is 10.1. The number of aromatic nitrogens is 3. The first-order valence-corrected chi connectivity index (χ1v) is 12.9. The van der Waals surface area contributed by atoms with Gasteiger partial charge in [0.2, 0.25) is 0 Å². The molecule has 1 N–H and O–H groups in total. The highest BCUT2D eigenvalue weighted by Gasteiger charge is 2.13. The zero-order chi connectivity index (χ0) is 24.6. The van der Waals surface area contributed by atoms with Crippen molar-refractivity contribution in [3.63, 3.8) is 0 Å². The van der Waals surface area contributed by atoms with Gasteiger partial charge in [0.1, 0.15) is 22.6 Å². The van der Waals surface area contributed by atoms with Gasteiger partial charge >= 0.3 is 0 Å². The van der Waals surface area contributed by atoms with E-state index in [-0.39, 0.29) is 5.56 Å². The summed E-state index contributed by atoms with van der Waals surface area (Å²) >= 11 is 0. The van der Waals surface area contributed by atoms with E-state index >= 15 is 0 Å². The van der Waals surface area contributed by atoms with Crippen LogP contribution in [0.4, 0.5) is 0 Å². The fraction of sp³-hybridized carbons (Fsp3) is 0.414. The number of rotatable bonds is 12. The van der Waals surface area contributed by atoms with Gasteiger partial charge in [0, 0.05) is 10.9 Å². The number of hydrogen-bond acceptors (Lipinski definition) is 4. The number of fused-ring (bicyclic) bond motifs is 3. The molecule has 0 radical (unpaired) electrons. The molecular weight excluding hydrogens is 436 g/mol. The third kappa shape index (κ3) is 6.18. The van der Waals surface area contributed by atoms with E-state index in [1.807, 2.05) is 49.4 Å². The minimum atomic E-state index is -0.206. The maximum absolute atomic E-state index is 13.1. The van der Waals surface area contributed by atoms with E-state index in [0.29, 0.717) is 16.9 Å². The van der Waals surface area contributed by atoms with Gasteiger partial charge in [-0.25, -0.2) is 4.98 Å². The Labute approximate surface area is 207 Å². The molecule has 2 heterocycles. The van der Waals surface area contributed by atoms with E-state index in [1.165, 1.54) is 49.6 Å². The Morgan fingerprint density at radius 1 is 0.971 bits per heavy atom. The number of H-pyrrole nitrogens is 1. The third-order valence-electron chi connectivity index (χ3n) is 6.38. The number of ether oxygens (including phenoxy) is 1. The van der Waals surface area contributed by atoms with E-state index < -0.39 is 0 Å². The summed E-state index contributed by atoms with van der Waals surface area (Å²) in [6.45, 7) is 6.83. The fourth-order valence-electron chi connectivity index (χ4n) is 4.36. The van der Waals surface area contributed by atoms with Crippen molar-refractivity contribution in [1.29, 1.82) is 0 Å². The average Bonchev–Trinajstić information content (AvgIpc) is 3.21. The molecule has 0 amide bonds.